The summed E-state index contributed by atoms with van der Waals surface area (Å²) in [6.07, 6.45) is 2.70. The summed E-state index contributed by atoms with van der Waals surface area (Å²) in [5.41, 5.74) is 1.81. The highest BCUT2D eigenvalue weighted by atomic mass is 32.2. The Labute approximate surface area is 126 Å². The van der Waals surface area contributed by atoms with E-state index in [0.29, 0.717) is 31.6 Å². The Morgan fingerprint density at radius 1 is 1.24 bits per heavy atom. The highest BCUT2D eigenvalue weighted by Crippen LogP contribution is 2.29. The van der Waals surface area contributed by atoms with Crippen molar-refractivity contribution in [2.24, 2.45) is 0 Å². The zero-order chi connectivity index (χ0) is 15.5. The van der Waals surface area contributed by atoms with Crippen LogP contribution in [0.4, 0.5) is 5.69 Å². The van der Waals surface area contributed by atoms with E-state index in [4.69, 9.17) is 0 Å². The number of hydrogen-bond acceptors (Lipinski definition) is 4. The number of anilines is 1. The fraction of sp³-hybridized carbons (Fsp3) is 0.533. The van der Waals surface area contributed by atoms with Crippen molar-refractivity contribution in [2.75, 3.05) is 24.7 Å². The van der Waals surface area contributed by atoms with E-state index in [0.717, 1.165) is 12.7 Å². The van der Waals surface area contributed by atoms with Gasteiger partial charge in [0.1, 0.15) is 0 Å². The zero-order valence-corrected chi connectivity index (χ0v) is 13.3. The maximum Gasteiger partial charge on any atom is 0.245 e. The lowest BCUT2D eigenvalue weighted by atomic mass is 9.95. The molecule has 1 amide bonds. The predicted octanol–water partition coefficient (Wildman–Crippen LogP) is 1.35. The summed E-state index contributed by atoms with van der Waals surface area (Å²) in [5.74, 6) is -0.421. The number of amides is 1. The summed E-state index contributed by atoms with van der Waals surface area (Å²) >= 11 is 0. The number of hydrogen-bond donors (Lipinski definition) is 2. The van der Waals surface area contributed by atoms with Crippen LogP contribution in [0.25, 0.3) is 0 Å². The van der Waals surface area contributed by atoms with E-state index >= 15 is 0 Å². The zero-order valence-electron chi connectivity index (χ0n) is 12.5. The summed E-state index contributed by atoms with van der Waals surface area (Å²) in [4.78, 5) is 12.6. The number of nitrogens with one attached hydrogen (secondary N) is 2. The average molecular weight is 310 g/mol. The van der Waals surface area contributed by atoms with E-state index in [1.807, 2.05) is 24.3 Å². The summed E-state index contributed by atoms with van der Waals surface area (Å²) in [6, 6.07) is 7.50. The van der Waals surface area contributed by atoms with Crippen molar-refractivity contribution in [1.82, 2.24) is 5.32 Å². The largest absolute Gasteiger partial charge is 0.325 e. The minimum Gasteiger partial charge on any atom is -0.325 e. The molecule has 1 aliphatic rings. The van der Waals surface area contributed by atoms with Crippen LogP contribution in [0.2, 0.25) is 0 Å². The van der Waals surface area contributed by atoms with Gasteiger partial charge in [-0.25, -0.2) is 8.42 Å². The van der Waals surface area contributed by atoms with E-state index in [1.165, 1.54) is 5.56 Å². The smallest absolute Gasteiger partial charge is 0.245 e. The van der Waals surface area contributed by atoms with Gasteiger partial charge in [0, 0.05) is 11.9 Å². The Balaban J connectivity index is 2.22. The Morgan fingerprint density at radius 2 is 1.81 bits per heavy atom. The van der Waals surface area contributed by atoms with Crippen LogP contribution in [0.1, 0.15) is 25.3 Å². The third-order valence-corrected chi connectivity index (χ3v) is 6.17. The standard InChI is InChI=1S/C15H22N2O3S/c1-3-12-4-6-13(7-5-12)17-14(18)15(21(2,19)20)8-10-16-11-9-15/h4-7,16H,3,8-11H2,1-2H3,(H,17,18). The molecule has 0 spiro atoms. The summed E-state index contributed by atoms with van der Waals surface area (Å²) in [6.45, 7) is 3.13. The molecule has 1 aromatic carbocycles. The van der Waals surface area contributed by atoms with Crippen molar-refractivity contribution in [3.63, 3.8) is 0 Å². The molecule has 0 aromatic heterocycles. The Bertz CT molecular complexity index is 602. The second-order valence-electron chi connectivity index (χ2n) is 5.52. The lowest BCUT2D eigenvalue weighted by molar-refractivity contribution is -0.119. The van der Waals surface area contributed by atoms with Gasteiger partial charge in [0.25, 0.3) is 0 Å². The van der Waals surface area contributed by atoms with Gasteiger partial charge in [-0.2, -0.15) is 0 Å². The SMILES string of the molecule is CCc1ccc(NC(=O)C2(S(C)(=O)=O)CCNCC2)cc1. The maximum atomic E-state index is 12.6. The number of carbonyl (C=O) groups is 1. The molecular weight excluding hydrogens is 288 g/mol. The van der Waals surface area contributed by atoms with Crippen LogP contribution in [0, 0.1) is 0 Å². The van der Waals surface area contributed by atoms with E-state index in [-0.39, 0.29) is 0 Å². The Morgan fingerprint density at radius 3 is 2.29 bits per heavy atom. The Kier molecular flexibility index (Phi) is 4.68. The van der Waals surface area contributed by atoms with Crippen molar-refractivity contribution in [1.29, 1.82) is 0 Å². The molecule has 1 aliphatic heterocycles. The fourth-order valence-electron chi connectivity index (χ4n) is 2.67. The molecule has 1 aromatic rings. The molecule has 1 saturated heterocycles. The molecule has 2 N–H and O–H groups in total. The number of aryl methyl sites for hydroxylation is 1. The molecule has 0 unspecified atom stereocenters. The number of piperidine rings is 1. The molecule has 5 nitrogen and oxygen atoms in total. The van der Waals surface area contributed by atoms with Gasteiger partial charge < -0.3 is 10.6 Å². The highest BCUT2D eigenvalue weighted by molar-refractivity contribution is 7.92. The lowest BCUT2D eigenvalue weighted by Gasteiger charge is -2.34. The molecule has 0 aliphatic carbocycles. The number of benzene rings is 1. The molecule has 0 radical (unpaired) electrons. The van der Waals surface area contributed by atoms with Gasteiger partial charge in [0.05, 0.1) is 0 Å². The van der Waals surface area contributed by atoms with E-state index in [9.17, 15) is 13.2 Å². The average Bonchev–Trinajstić information content (AvgIpc) is 2.47. The van der Waals surface area contributed by atoms with Crippen molar-refractivity contribution in [3.05, 3.63) is 29.8 Å². The quantitative estimate of drug-likeness (QED) is 0.880. The van der Waals surface area contributed by atoms with Gasteiger partial charge in [0.15, 0.2) is 14.6 Å². The summed E-state index contributed by atoms with van der Waals surface area (Å²) in [7, 11) is -3.47. The topological polar surface area (TPSA) is 75.3 Å². The van der Waals surface area contributed by atoms with Crippen LogP contribution in [0.3, 0.4) is 0 Å². The Hall–Kier alpha value is -1.40. The first-order valence-corrected chi connectivity index (χ1v) is 9.09. The third-order valence-electron chi connectivity index (χ3n) is 4.15. The van der Waals surface area contributed by atoms with Gasteiger partial charge in [-0.1, -0.05) is 19.1 Å². The predicted molar refractivity (Wildman–Crippen MR) is 84.1 cm³/mol. The highest BCUT2D eigenvalue weighted by Gasteiger charge is 2.48. The normalized spacial score (nSPS) is 18.2. The number of rotatable bonds is 4. The minimum atomic E-state index is -3.47. The first kappa shape index (κ1) is 16.0. The molecule has 2 rings (SSSR count). The van der Waals surface area contributed by atoms with Crippen molar-refractivity contribution >= 4 is 21.4 Å². The third kappa shape index (κ3) is 3.27. The van der Waals surface area contributed by atoms with Crippen LogP contribution >= 0.6 is 0 Å². The van der Waals surface area contributed by atoms with Crippen molar-refractivity contribution < 1.29 is 13.2 Å². The first-order valence-electron chi connectivity index (χ1n) is 7.20. The molecule has 1 heterocycles. The van der Waals surface area contributed by atoms with Gasteiger partial charge in [0.2, 0.25) is 5.91 Å². The molecule has 0 atom stereocenters. The van der Waals surface area contributed by atoms with E-state index in [1.54, 1.807) is 0 Å². The van der Waals surface area contributed by atoms with Crippen molar-refractivity contribution in [2.45, 2.75) is 30.9 Å². The molecule has 6 heteroatoms. The second kappa shape index (κ2) is 6.15. The molecule has 116 valence electrons. The van der Waals surface area contributed by atoms with Crippen LogP contribution in [0.15, 0.2) is 24.3 Å². The van der Waals surface area contributed by atoms with Gasteiger partial charge in [-0.05, 0) is 50.0 Å². The molecule has 21 heavy (non-hydrogen) atoms. The lowest BCUT2D eigenvalue weighted by Crippen LogP contribution is -2.55. The first-order chi connectivity index (χ1) is 9.89. The van der Waals surface area contributed by atoms with Crippen LogP contribution in [-0.2, 0) is 21.1 Å². The molecular formula is C15H22N2O3S. The monoisotopic (exact) mass is 310 g/mol. The summed E-state index contributed by atoms with van der Waals surface area (Å²) < 4.78 is 23.0. The molecule has 1 fully saturated rings. The summed E-state index contributed by atoms with van der Waals surface area (Å²) in [5, 5.41) is 5.87. The minimum absolute atomic E-state index is 0.310. The fourth-order valence-corrected chi connectivity index (χ4v) is 4.00. The van der Waals surface area contributed by atoms with Crippen LogP contribution in [0.5, 0.6) is 0 Å². The van der Waals surface area contributed by atoms with Gasteiger partial charge in [-0.15, -0.1) is 0 Å². The number of sulfone groups is 1. The number of carbonyl (C=O) groups excluding carboxylic acids is 1. The van der Waals surface area contributed by atoms with E-state index in [2.05, 4.69) is 17.6 Å². The maximum absolute atomic E-state index is 12.6. The second-order valence-corrected chi connectivity index (χ2v) is 7.85. The van der Waals surface area contributed by atoms with Crippen LogP contribution in [-0.4, -0.2) is 38.4 Å². The van der Waals surface area contributed by atoms with Crippen molar-refractivity contribution in [3.8, 4) is 0 Å². The molecule has 0 bridgehead atoms. The van der Waals surface area contributed by atoms with E-state index < -0.39 is 20.5 Å². The van der Waals surface area contributed by atoms with Gasteiger partial charge >= 0.3 is 0 Å². The molecule has 0 saturated carbocycles. The van der Waals surface area contributed by atoms with Crippen LogP contribution < -0.4 is 10.6 Å². The van der Waals surface area contributed by atoms with Gasteiger partial charge in [-0.3, -0.25) is 4.79 Å².